The Bertz CT molecular complexity index is 818. The molecule has 6 heteroatoms. The van der Waals surface area contributed by atoms with Crippen LogP contribution in [0.5, 0.6) is 11.5 Å². The minimum absolute atomic E-state index is 0.109. The second-order valence-electron chi connectivity index (χ2n) is 5.72. The summed E-state index contributed by atoms with van der Waals surface area (Å²) in [7, 11) is 3.20. The van der Waals surface area contributed by atoms with Gasteiger partial charge < -0.3 is 9.47 Å². The molecule has 1 amide bonds. The zero-order valence-electron chi connectivity index (χ0n) is 14.3. The van der Waals surface area contributed by atoms with Crippen molar-refractivity contribution in [3.8, 4) is 11.5 Å². The SMILES string of the molecule is COc1cccc(C2CC(c3ccc(Br)cc3)=NN2C(C)=O)c1OC. The summed E-state index contributed by atoms with van der Waals surface area (Å²) in [4.78, 5) is 12.2. The van der Waals surface area contributed by atoms with Crippen LogP contribution in [0.25, 0.3) is 0 Å². The molecule has 130 valence electrons. The second kappa shape index (κ2) is 7.27. The van der Waals surface area contributed by atoms with Gasteiger partial charge in [-0.25, -0.2) is 5.01 Å². The van der Waals surface area contributed by atoms with E-state index in [2.05, 4.69) is 21.0 Å². The lowest BCUT2D eigenvalue weighted by atomic mass is 9.97. The lowest BCUT2D eigenvalue weighted by Crippen LogP contribution is -2.24. The minimum atomic E-state index is -0.221. The largest absolute Gasteiger partial charge is 0.493 e. The molecule has 2 aromatic carbocycles. The number of carbonyl (C=O) groups excluding carboxylic acids is 1. The number of halogens is 1. The lowest BCUT2D eigenvalue weighted by molar-refractivity contribution is -0.130. The van der Waals surface area contributed by atoms with Crippen molar-refractivity contribution < 1.29 is 14.3 Å². The molecule has 2 aromatic rings. The second-order valence-corrected chi connectivity index (χ2v) is 6.64. The van der Waals surface area contributed by atoms with E-state index >= 15 is 0 Å². The van der Waals surface area contributed by atoms with Gasteiger partial charge in [-0.05, 0) is 23.8 Å². The molecule has 1 aliphatic heterocycles. The summed E-state index contributed by atoms with van der Waals surface area (Å²) in [6.45, 7) is 1.52. The molecule has 1 aliphatic rings. The summed E-state index contributed by atoms with van der Waals surface area (Å²) in [6, 6.07) is 13.4. The number of para-hydroxylation sites is 1. The van der Waals surface area contributed by atoms with Gasteiger partial charge in [-0.1, -0.05) is 40.2 Å². The van der Waals surface area contributed by atoms with Gasteiger partial charge in [-0.2, -0.15) is 5.10 Å². The molecule has 3 rings (SSSR count). The van der Waals surface area contributed by atoms with E-state index in [0.29, 0.717) is 17.9 Å². The molecule has 0 spiro atoms. The number of benzene rings is 2. The van der Waals surface area contributed by atoms with E-state index in [1.54, 1.807) is 14.2 Å². The molecule has 1 unspecified atom stereocenters. The molecule has 25 heavy (non-hydrogen) atoms. The summed E-state index contributed by atoms with van der Waals surface area (Å²) < 4.78 is 11.9. The van der Waals surface area contributed by atoms with Crippen LogP contribution in [0.1, 0.15) is 30.5 Å². The van der Waals surface area contributed by atoms with Gasteiger partial charge in [0.05, 0.1) is 26.0 Å². The van der Waals surface area contributed by atoms with Gasteiger partial charge in [0, 0.05) is 23.4 Å². The fourth-order valence-corrected chi connectivity index (χ4v) is 3.30. The Morgan fingerprint density at radius 1 is 1.16 bits per heavy atom. The number of nitrogens with zero attached hydrogens (tertiary/aromatic N) is 2. The molecule has 1 atom stereocenters. The van der Waals surface area contributed by atoms with Gasteiger partial charge in [0.25, 0.3) is 0 Å². The van der Waals surface area contributed by atoms with Gasteiger partial charge in [0.2, 0.25) is 5.91 Å². The molecule has 0 radical (unpaired) electrons. The topological polar surface area (TPSA) is 51.1 Å². The Kier molecular flexibility index (Phi) is 5.08. The molecule has 0 saturated heterocycles. The monoisotopic (exact) mass is 402 g/mol. The van der Waals surface area contributed by atoms with E-state index in [1.807, 2.05) is 42.5 Å². The number of hydrogen-bond donors (Lipinski definition) is 0. The first kappa shape index (κ1) is 17.5. The zero-order chi connectivity index (χ0) is 18.0. The Balaban J connectivity index is 2.01. The fourth-order valence-electron chi connectivity index (χ4n) is 3.03. The smallest absolute Gasteiger partial charge is 0.240 e. The number of hydrogen-bond acceptors (Lipinski definition) is 4. The maximum absolute atomic E-state index is 12.2. The highest BCUT2D eigenvalue weighted by Gasteiger charge is 2.34. The minimum Gasteiger partial charge on any atom is -0.493 e. The van der Waals surface area contributed by atoms with Crippen LogP contribution in [-0.4, -0.2) is 30.8 Å². The first-order valence-electron chi connectivity index (χ1n) is 7.89. The van der Waals surface area contributed by atoms with Gasteiger partial charge >= 0.3 is 0 Å². The van der Waals surface area contributed by atoms with Crippen LogP contribution in [0.3, 0.4) is 0 Å². The van der Waals surface area contributed by atoms with E-state index < -0.39 is 0 Å². The summed E-state index contributed by atoms with van der Waals surface area (Å²) in [5, 5.41) is 6.09. The summed E-state index contributed by atoms with van der Waals surface area (Å²) >= 11 is 3.44. The van der Waals surface area contributed by atoms with Crippen molar-refractivity contribution in [2.45, 2.75) is 19.4 Å². The molecular formula is C19H19BrN2O3. The summed E-state index contributed by atoms with van der Waals surface area (Å²) in [6.07, 6.45) is 0.616. The van der Waals surface area contributed by atoms with Crippen molar-refractivity contribution >= 4 is 27.5 Å². The molecule has 0 bridgehead atoms. The van der Waals surface area contributed by atoms with Gasteiger partial charge in [-0.3, -0.25) is 4.79 Å². The highest BCUT2D eigenvalue weighted by Crippen LogP contribution is 2.41. The molecule has 0 N–H and O–H groups in total. The standard InChI is InChI=1S/C19H19BrN2O3/c1-12(23)22-17(15-5-4-6-18(24-2)19(15)25-3)11-16(21-22)13-7-9-14(20)10-8-13/h4-10,17H,11H2,1-3H3. The molecule has 0 saturated carbocycles. The maximum Gasteiger partial charge on any atom is 0.240 e. The van der Waals surface area contributed by atoms with Crippen molar-refractivity contribution in [3.63, 3.8) is 0 Å². The van der Waals surface area contributed by atoms with Gasteiger partial charge in [-0.15, -0.1) is 0 Å². The predicted molar refractivity (Wildman–Crippen MR) is 100 cm³/mol. The third-order valence-corrected chi connectivity index (χ3v) is 4.73. The highest BCUT2D eigenvalue weighted by atomic mass is 79.9. The number of rotatable bonds is 4. The Morgan fingerprint density at radius 2 is 1.88 bits per heavy atom. The van der Waals surface area contributed by atoms with Crippen LogP contribution in [-0.2, 0) is 4.79 Å². The highest BCUT2D eigenvalue weighted by molar-refractivity contribution is 9.10. The van der Waals surface area contributed by atoms with Crippen LogP contribution in [0.15, 0.2) is 52.0 Å². The van der Waals surface area contributed by atoms with Crippen molar-refractivity contribution in [2.24, 2.45) is 5.10 Å². The average Bonchev–Trinajstić information content (AvgIpc) is 3.07. The van der Waals surface area contributed by atoms with Gasteiger partial charge in [0.1, 0.15) is 0 Å². The first-order valence-corrected chi connectivity index (χ1v) is 8.68. The van der Waals surface area contributed by atoms with E-state index in [9.17, 15) is 4.79 Å². The number of methoxy groups -OCH3 is 2. The first-order chi connectivity index (χ1) is 12.0. The Hall–Kier alpha value is -2.34. The van der Waals surface area contributed by atoms with Crippen LogP contribution >= 0.6 is 15.9 Å². The molecule has 0 fully saturated rings. The van der Waals surface area contributed by atoms with E-state index in [-0.39, 0.29) is 11.9 Å². The number of hydrazone groups is 1. The number of carbonyl (C=O) groups is 1. The number of ether oxygens (including phenoxy) is 2. The van der Waals surface area contributed by atoms with Crippen molar-refractivity contribution in [1.29, 1.82) is 0 Å². The third kappa shape index (κ3) is 3.39. The van der Waals surface area contributed by atoms with Crippen LogP contribution in [0, 0.1) is 0 Å². The summed E-state index contributed by atoms with van der Waals surface area (Å²) in [5.41, 5.74) is 2.75. The zero-order valence-corrected chi connectivity index (χ0v) is 15.9. The van der Waals surface area contributed by atoms with E-state index in [0.717, 1.165) is 21.3 Å². The Labute approximate surface area is 155 Å². The molecule has 0 aliphatic carbocycles. The fraction of sp³-hybridized carbons (Fsp3) is 0.263. The maximum atomic E-state index is 12.2. The number of amides is 1. The quantitative estimate of drug-likeness (QED) is 0.770. The predicted octanol–water partition coefficient (Wildman–Crippen LogP) is 4.16. The van der Waals surface area contributed by atoms with Crippen molar-refractivity contribution in [3.05, 3.63) is 58.1 Å². The average molecular weight is 403 g/mol. The van der Waals surface area contributed by atoms with Crippen molar-refractivity contribution in [2.75, 3.05) is 14.2 Å². The van der Waals surface area contributed by atoms with Crippen LogP contribution in [0.2, 0.25) is 0 Å². The lowest BCUT2D eigenvalue weighted by Gasteiger charge is -2.23. The molecule has 5 nitrogen and oxygen atoms in total. The van der Waals surface area contributed by atoms with Crippen molar-refractivity contribution in [1.82, 2.24) is 5.01 Å². The van der Waals surface area contributed by atoms with E-state index in [4.69, 9.17) is 9.47 Å². The van der Waals surface area contributed by atoms with E-state index in [1.165, 1.54) is 11.9 Å². The molecule has 1 heterocycles. The normalized spacial score (nSPS) is 16.6. The summed E-state index contributed by atoms with van der Waals surface area (Å²) in [5.74, 6) is 1.16. The third-order valence-electron chi connectivity index (χ3n) is 4.20. The Morgan fingerprint density at radius 3 is 2.48 bits per heavy atom. The van der Waals surface area contributed by atoms with Crippen LogP contribution in [0.4, 0.5) is 0 Å². The van der Waals surface area contributed by atoms with Crippen LogP contribution < -0.4 is 9.47 Å². The molecule has 0 aromatic heterocycles. The van der Waals surface area contributed by atoms with Gasteiger partial charge in [0.15, 0.2) is 11.5 Å². The molecular weight excluding hydrogens is 384 g/mol.